The largest absolute Gasteiger partial charge is 0.504 e. The molecule has 12 nitrogen and oxygen atoms in total. The second-order valence-corrected chi connectivity index (χ2v) is 14.8. The topological polar surface area (TPSA) is 158 Å². The number of piperidine rings is 2. The van der Waals surface area contributed by atoms with Crippen molar-refractivity contribution in [3.63, 3.8) is 0 Å². The number of phenols is 1. The first kappa shape index (κ1) is 39.1. The number of carbonyl (C=O) groups excluding carboxylic acids is 3. The lowest BCUT2D eigenvalue weighted by atomic mass is 9.74. The third kappa shape index (κ3) is 9.63. The van der Waals surface area contributed by atoms with E-state index < -0.39 is 24.7 Å². The van der Waals surface area contributed by atoms with Gasteiger partial charge < -0.3 is 30.3 Å². The van der Waals surface area contributed by atoms with Crippen molar-refractivity contribution in [1.29, 1.82) is 0 Å². The monoisotopic (exact) mass is 720 g/mol. The Morgan fingerprint density at radius 1 is 0.750 bits per heavy atom. The highest BCUT2D eigenvalue weighted by molar-refractivity contribution is 5.82. The molecular formula is C40H56N4O8. The van der Waals surface area contributed by atoms with Crippen LogP contribution in [-0.4, -0.2) is 95.3 Å². The molecule has 284 valence electrons. The first-order valence-corrected chi connectivity index (χ1v) is 19.0. The fourth-order valence-corrected chi connectivity index (χ4v) is 8.73. The number of ether oxygens (including phenoxy) is 2. The zero-order valence-electron chi connectivity index (χ0n) is 31.2. The summed E-state index contributed by atoms with van der Waals surface area (Å²) in [5.41, 5.74) is 5.42. The van der Waals surface area contributed by atoms with Crippen LogP contribution in [0.5, 0.6) is 17.2 Å². The molecule has 2 heterocycles. The summed E-state index contributed by atoms with van der Waals surface area (Å²) in [5, 5.41) is 23.5. The molecule has 2 aromatic rings. The van der Waals surface area contributed by atoms with Crippen molar-refractivity contribution in [2.45, 2.75) is 104 Å². The van der Waals surface area contributed by atoms with Gasteiger partial charge in [-0.2, -0.15) is 0 Å². The van der Waals surface area contributed by atoms with Crippen molar-refractivity contribution in [3.05, 3.63) is 52.1 Å². The van der Waals surface area contributed by atoms with E-state index in [1.54, 1.807) is 6.07 Å². The molecule has 4 aliphatic rings. The highest BCUT2D eigenvalue weighted by atomic mass is 16.6. The summed E-state index contributed by atoms with van der Waals surface area (Å²) in [7, 11) is 0. The fraction of sp³-hybridized carbons (Fsp3) is 0.600. The Morgan fingerprint density at radius 2 is 1.25 bits per heavy atom. The molecular weight excluding hydrogens is 664 g/mol. The number of likely N-dealkylation sites (tertiary alicyclic amines) is 2. The number of nitrogens with one attached hydrogen (secondary N) is 2. The molecule has 2 aliphatic heterocycles. The highest BCUT2D eigenvalue weighted by Crippen LogP contribution is 2.43. The molecule has 6 rings (SSSR count). The van der Waals surface area contributed by atoms with Gasteiger partial charge in [0.2, 0.25) is 0 Å². The van der Waals surface area contributed by atoms with Crippen molar-refractivity contribution < 1.29 is 38.9 Å². The zero-order valence-corrected chi connectivity index (χ0v) is 31.2. The molecule has 12 heteroatoms. The second kappa shape index (κ2) is 18.1. The SMILES string of the molecule is CCCN1CCC[C@@H]2Cc3c(ccc(C)c3OC(=O)NCC(C)=O)C[C@H]21.CCCN1CCC[C@@H]2Cc3c(ccc(O)c3OC(=O)NCC(=O)O)C[C@H]21. The predicted octanol–water partition coefficient (Wildman–Crippen LogP) is 5.42. The van der Waals surface area contributed by atoms with Gasteiger partial charge in [-0.1, -0.05) is 32.0 Å². The quantitative estimate of drug-likeness (QED) is 0.250. The minimum Gasteiger partial charge on any atom is -0.504 e. The van der Waals surface area contributed by atoms with E-state index in [-0.39, 0.29) is 23.8 Å². The molecule has 2 amide bonds. The maximum Gasteiger partial charge on any atom is 0.413 e. The van der Waals surface area contributed by atoms with Crippen LogP contribution in [0.3, 0.4) is 0 Å². The maximum absolute atomic E-state index is 12.1. The number of ketones is 1. The lowest BCUT2D eigenvalue weighted by molar-refractivity contribution is -0.135. The first-order chi connectivity index (χ1) is 25.0. The third-order valence-corrected chi connectivity index (χ3v) is 11.0. The van der Waals surface area contributed by atoms with Crippen molar-refractivity contribution >= 4 is 23.9 Å². The van der Waals surface area contributed by atoms with E-state index in [9.17, 15) is 24.3 Å². The first-order valence-electron chi connectivity index (χ1n) is 19.0. The summed E-state index contributed by atoms with van der Waals surface area (Å²) in [4.78, 5) is 50.8. The van der Waals surface area contributed by atoms with Crippen LogP contribution < -0.4 is 20.1 Å². The van der Waals surface area contributed by atoms with Crippen LogP contribution >= 0.6 is 0 Å². The smallest absolute Gasteiger partial charge is 0.413 e. The summed E-state index contributed by atoms with van der Waals surface area (Å²) in [6, 6.07) is 8.79. The molecule has 0 aromatic heterocycles. The van der Waals surface area contributed by atoms with Crippen molar-refractivity contribution in [2.75, 3.05) is 39.3 Å². The Bertz CT molecular complexity index is 1490. The van der Waals surface area contributed by atoms with Gasteiger partial charge in [-0.25, -0.2) is 9.59 Å². The predicted molar refractivity (Wildman–Crippen MR) is 197 cm³/mol. The number of rotatable bonds is 10. The molecule has 2 aliphatic carbocycles. The average Bonchev–Trinajstić information content (AvgIpc) is 3.12. The van der Waals surface area contributed by atoms with Gasteiger partial charge >= 0.3 is 18.2 Å². The van der Waals surface area contributed by atoms with Crippen LogP contribution in [0.4, 0.5) is 9.59 Å². The lowest BCUT2D eigenvalue weighted by Gasteiger charge is -2.45. The van der Waals surface area contributed by atoms with Crippen LogP contribution in [0.2, 0.25) is 0 Å². The van der Waals surface area contributed by atoms with Gasteiger partial charge in [-0.3, -0.25) is 19.4 Å². The van der Waals surface area contributed by atoms with Crippen molar-refractivity contribution in [3.8, 4) is 17.2 Å². The Balaban J connectivity index is 0.000000201. The number of hydrogen-bond acceptors (Lipinski definition) is 9. The summed E-state index contributed by atoms with van der Waals surface area (Å²) < 4.78 is 10.9. The standard InChI is InChI=1S/C21H30N2O3.C19H26N2O5/c1-4-9-23-10-5-6-17-11-18-16(12-19(17)23)8-7-14(2)20(18)26-21(25)22-13-15(3)24;1-2-7-21-8-3-4-13-9-14-12(10-15(13)21)5-6-16(22)18(14)26-19(25)20-11-17(23)24/h7-8,17,19H,4-6,9-13H2,1-3H3,(H,22,25);5-6,13,15,22H,2-4,7-11H2,1H3,(H,20,25)(H,23,24)/t17-,19-;13-,15-/m11/s1. The number of carbonyl (C=O) groups is 4. The van der Waals surface area contributed by atoms with Crippen molar-refractivity contribution in [1.82, 2.24) is 20.4 Å². The maximum atomic E-state index is 12.1. The van der Waals surface area contributed by atoms with Gasteiger partial charge in [0, 0.05) is 17.6 Å². The van der Waals surface area contributed by atoms with E-state index in [1.807, 2.05) is 19.1 Å². The molecule has 2 aromatic carbocycles. The molecule has 2 fully saturated rings. The molecule has 0 unspecified atom stereocenters. The van der Waals surface area contributed by atoms with Crippen LogP contribution in [0.15, 0.2) is 24.3 Å². The van der Waals surface area contributed by atoms with E-state index in [0.717, 1.165) is 74.7 Å². The Kier molecular flexibility index (Phi) is 13.6. The van der Waals surface area contributed by atoms with E-state index in [4.69, 9.17) is 14.6 Å². The van der Waals surface area contributed by atoms with Crippen LogP contribution in [0.25, 0.3) is 0 Å². The van der Waals surface area contributed by atoms with Crippen molar-refractivity contribution in [2.24, 2.45) is 11.8 Å². The minimum absolute atomic E-state index is 0.00355. The molecule has 52 heavy (non-hydrogen) atoms. The average molecular weight is 721 g/mol. The van der Waals surface area contributed by atoms with E-state index >= 15 is 0 Å². The summed E-state index contributed by atoms with van der Waals surface area (Å²) >= 11 is 0. The second-order valence-electron chi connectivity index (χ2n) is 14.8. The number of aryl methyl sites for hydroxylation is 1. The molecule has 0 bridgehead atoms. The number of carboxylic acids is 1. The summed E-state index contributed by atoms with van der Waals surface area (Å²) in [6.45, 7) is 11.9. The molecule has 0 radical (unpaired) electrons. The van der Waals surface area contributed by atoms with Gasteiger partial charge in [0.1, 0.15) is 18.1 Å². The number of carboxylic acid groups (broad SMARTS) is 1. The number of hydrogen-bond donors (Lipinski definition) is 4. The van der Waals surface area contributed by atoms with Crippen LogP contribution in [-0.2, 0) is 35.3 Å². The summed E-state index contributed by atoms with van der Waals surface area (Å²) in [5.74, 6) is 0.637. The molecule has 2 saturated heterocycles. The minimum atomic E-state index is -1.15. The number of fused-ring (bicyclic) bond motifs is 4. The lowest BCUT2D eigenvalue weighted by Crippen LogP contribution is -2.49. The van der Waals surface area contributed by atoms with Gasteiger partial charge in [0.15, 0.2) is 11.5 Å². The highest BCUT2D eigenvalue weighted by Gasteiger charge is 2.38. The van der Waals surface area contributed by atoms with E-state index in [2.05, 4.69) is 40.3 Å². The molecule has 0 spiro atoms. The number of phenolic OH excluding ortho intramolecular Hbond substituents is 1. The normalized spacial score (nSPS) is 22.2. The number of aromatic hydroxyl groups is 1. The summed E-state index contributed by atoms with van der Waals surface area (Å²) in [6.07, 6.45) is 9.33. The zero-order chi connectivity index (χ0) is 37.4. The number of benzene rings is 2. The number of amides is 2. The van der Waals surface area contributed by atoms with Crippen LogP contribution in [0.1, 0.15) is 87.1 Å². The van der Waals surface area contributed by atoms with E-state index in [0.29, 0.717) is 29.7 Å². The number of Topliss-reactive ketones (excluding diaryl/α,β-unsaturated/α-hetero) is 1. The Labute approximate surface area is 307 Å². The fourth-order valence-electron chi connectivity index (χ4n) is 8.73. The number of nitrogens with zero attached hydrogens (tertiary/aromatic N) is 2. The van der Waals surface area contributed by atoms with Gasteiger partial charge in [0.05, 0.1) is 6.54 Å². The molecule has 4 N–H and O–H groups in total. The van der Waals surface area contributed by atoms with Gasteiger partial charge in [-0.15, -0.1) is 0 Å². The third-order valence-electron chi connectivity index (χ3n) is 11.0. The van der Waals surface area contributed by atoms with Gasteiger partial charge in [0.25, 0.3) is 0 Å². The Hall–Kier alpha value is -4.16. The van der Waals surface area contributed by atoms with Gasteiger partial charge in [-0.05, 0) is 144 Å². The molecule has 4 atom stereocenters. The van der Waals surface area contributed by atoms with Crippen LogP contribution in [0, 0.1) is 18.8 Å². The number of aliphatic carboxylic acids is 1. The Morgan fingerprint density at radius 3 is 1.77 bits per heavy atom. The van der Waals surface area contributed by atoms with E-state index in [1.165, 1.54) is 50.4 Å². The molecule has 0 saturated carbocycles.